The minimum Gasteiger partial charge on any atom is -0.338 e. The van der Waals surface area contributed by atoms with Gasteiger partial charge in [-0.3, -0.25) is 0 Å². The zero-order valence-corrected chi connectivity index (χ0v) is 11.0. The first-order valence-corrected chi connectivity index (χ1v) is 6.42. The van der Waals surface area contributed by atoms with Gasteiger partial charge in [-0.1, -0.05) is 33.6 Å². The highest BCUT2D eigenvalue weighted by Gasteiger charge is 2.19. The Morgan fingerprint density at radius 2 is 2.00 bits per heavy atom. The van der Waals surface area contributed by atoms with Gasteiger partial charge in [-0.15, -0.1) is 0 Å². The molecule has 0 radical (unpaired) electrons. The van der Waals surface area contributed by atoms with E-state index in [-0.39, 0.29) is 0 Å². The molecule has 0 aliphatic heterocycles. The second-order valence-electron chi connectivity index (χ2n) is 4.40. The van der Waals surface area contributed by atoms with E-state index in [9.17, 15) is 0 Å². The van der Waals surface area contributed by atoms with Gasteiger partial charge in [-0.2, -0.15) is 0 Å². The van der Waals surface area contributed by atoms with Gasteiger partial charge in [0.1, 0.15) is 5.82 Å². The molecule has 0 spiro atoms. The Morgan fingerprint density at radius 3 is 2.44 bits per heavy atom. The van der Waals surface area contributed by atoms with Gasteiger partial charge in [0.25, 0.3) is 0 Å². The second kappa shape index (κ2) is 6.69. The lowest BCUT2D eigenvalue weighted by atomic mass is 9.91. The quantitative estimate of drug-likeness (QED) is 0.769. The van der Waals surface area contributed by atoms with Gasteiger partial charge in [0.2, 0.25) is 0 Å². The Hall–Kier alpha value is -0.830. The Morgan fingerprint density at radius 1 is 1.31 bits per heavy atom. The third-order valence-corrected chi connectivity index (χ3v) is 3.41. The summed E-state index contributed by atoms with van der Waals surface area (Å²) in [6.45, 7) is 7.76. The number of likely N-dealkylation sites (N-methyl/N-ethyl adjacent to an activating group) is 1. The topological polar surface area (TPSA) is 29.9 Å². The summed E-state index contributed by atoms with van der Waals surface area (Å²) in [6, 6.07) is 0.557. The monoisotopic (exact) mass is 223 g/mol. The molecule has 0 bridgehead atoms. The fourth-order valence-corrected chi connectivity index (χ4v) is 2.32. The fraction of sp³-hybridized carbons (Fsp3) is 0.769. The molecule has 1 unspecified atom stereocenters. The van der Waals surface area contributed by atoms with Crippen LogP contribution in [-0.2, 0) is 13.5 Å². The maximum Gasteiger partial charge on any atom is 0.109 e. The first-order valence-electron chi connectivity index (χ1n) is 6.42. The Kier molecular flexibility index (Phi) is 5.53. The molecule has 1 aromatic heterocycles. The lowest BCUT2D eigenvalue weighted by molar-refractivity contribution is 0.331. The first-order chi connectivity index (χ1) is 7.72. The van der Waals surface area contributed by atoms with E-state index in [0.717, 1.165) is 18.9 Å². The summed E-state index contributed by atoms with van der Waals surface area (Å²) in [4.78, 5) is 4.41. The van der Waals surface area contributed by atoms with Crippen molar-refractivity contribution in [3.8, 4) is 0 Å². The molecule has 92 valence electrons. The van der Waals surface area contributed by atoms with E-state index in [0.29, 0.717) is 6.04 Å². The molecule has 0 aliphatic rings. The molecule has 1 heterocycles. The average Bonchev–Trinajstić information content (AvgIpc) is 2.66. The average molecular weight is 223 g/mol. The van der Waals surface area contributed by atoms with Crippen molar-refractivity contribution in [2.24, 2.45) is 13.0 Å². The summed E-state index contributed by atoms with van der Waals surface area (Å²) >= 11 is 0. The summed E-state index contributed by atoms with van der Waals surface area (Å²) in [6.07, 6.45) is 7.40. The van der Waals surface area contributed by atoms with E-state index in [2.05, 4.69) is 42.7 Å². The highest BCUT2D eigenvalue weighted by molar-refractivity contribution is 4.95. The van der Waals surface area contributed by atoms with Crippen molar-refractivity contribution in [1.29, 1.82) is 0 Å². The molecule has 1 aromatic rings. The lowest BCUT2D eigenvalue weighted by Gasteiger charge is -2.25. The predicted molar refractivity (Wildman–Crippen MR) is 68.4 cm³/mol. The van der Waals surface area contributed by atoms with Crippen molar-refractivity contribution in [2.45, 2.75) is 46.1 Å². The van der Waals surface area contributed by atoms with Crippen molar-refractivity contribution in [2.75, 3.05) is 6.54 Å². The molecule has 16 heavy (non-hydrogen) atoms. The smallest absolute Gasteiger partial charge is 0.109 e. The molecule has 1 N–H and O–H groups in total. The number of imidazole rings is 1. The highest BCUT2D eigenvalue weighted by atomic mass is 15.0. The second-order valence-corrected chi connectivity index (χ2v) is 4.40. The Balaban J connectivity index is 2.67. The van der Waals surface area contributed by atoms with E-state index < -0.39 is 0 Å². The molecule has 0 aliphatic carbocycles. The van der Waals surface area contributed by atoms with E-state index in [1.165, 1.54) is 18.7 Å². The predicted octanol–water partition coefficient (Wildman–Crippen LogP) is 2.38. The number of hydrogen-bond donors (Lipinski definition) is 1. The zero-order chi connectivity index (χ0) is 12.0. The Bertz CT molecular complexity index is 289. The van der Waals surface area contributed by atoms with Crippen molar-refractivity contribution in [3.63, 3.8) is 0 Å². The van der Waals surface area contributed by atoms with Crippen LogP contribution in [0.25, 0.3) is 0 Å². The highest BCUT2D eigenvalue weighted by Crippen LogP contribution is 2.16. The van der Waals surface area contributed by atoms with Crippen molar-refractivity contribution >= 4 is 0 Å². The summed E-state index contributed by atoms with van der Waals surface area (Å²) < 4.78 is 2.12. The first kappa shape index (κ1) is 13.2. The van der Waals surface area contributed by atoms with E-state index >= 15 is 0 Å². The number of aromatic nitrogens is 2. The molecule has 0 aromatic carbocycles. The number of nitrogens with zero attached hydrogens (tertiary/aromatic N) is 2. The Labute approximate surface area is 99.3 Å². The molecule has 0 fully saturated rings. The van der Waals surface area contributed by atoms with Crippen LogP contribution < -0.4 is 5.32 Å². The van der Waals surface area contributed by atoms with E-state index in [1.54, 1.807) is 0 Å². The van der Waals surface area contributed by atoms with Gasteiger partial charge in [0.15, 0.2) is 0 Å². The lowest BCUT2D eigenvalue weighted by Crippen LogP contribution is -2.38. The van der Waals surface area contributed by atoms with Gasteiger partial charge in [-0.05, 0) is 12.5 Å². The molecular weight excluding hydrogens is 198 g/mol. The van der Waals surface area contributed by atoms with Gasteiger partial charge in [0.05, 0.1) is 0 Å². The van der Waals surface area contributed by atoms with Crippen molar-refractivity contribution in [1.82, 2.24) is 14.9 Å². The van der Waals surface area contributed by atoms with Crippen LogP contribution in [0.15, 0.2) is 12.4 Å². The van der Waals surface area contributed by atoms with Gasteiger partial charge in [0, 0.05) is 31.9 Å². The van der Waals surface area contributed by atoms with Crippen LogP contribution in [-0.4, -0.2) is 22.1 Å². The van der Waals surface area contributed by atoms with Crippen molar-refractivity contribution in [3.05, 3.63) is 18.2 Å². The minimum absolute atomic E-state index is 0.557. The van der Waals surface area contributed by atoms with Crippen LogP contribution in [0.4, 0.5) is 0 Å². The van der Waals surface area contributed by atoms with Gasteiger partial charge < -0.3 is 9.88 Å². The van der Waals surface area contributed by atoms with Gasteiger partial charge in [-0.25, -0.2) is 4.98 Å². The maximum absolute atomic E-state index is 4.41. The summed E-state index contributed by atoms with van der Waals surface area (Å²) in [5.41, 5.74) is 0. The van der Waals surface area contributed by atoms with Crippen LogP contribution >= 0.6 is 0 Å². The van der Waals surface area contributed by atoms with Crippen LogP contribution in [0, 0.1) is 5.92 Å². The van der Waals surface area contributed by atoms with Gasteiger partial charge >= 0.3 is 0 Å². The van der Waals surface area contributed by atoms with Crippen LogP contribution in [0.3, 0.4) is 0 Å². The summed E-state index contributed by atoms with van der Waals surface area (Å²) in [7, 11) is 2.07. The molecule has 0 saturated carbocycles. The third-order valence-electron chi connectivity index (χ3n) is 3.41. The standard InChI is InChI=1S/C13H25N3/c1-5-11(6-2)12(14-7-3)10-13-15-8-9-16(13)4/h8-9,11-12,14H,5-7,10H2,1-4H3. The molecule has 0 amide bonds. The zero-order valence-electron chi connectivity index (χ0n) is 11.0. The van der Waals surface area contributed by atoms with Crippen LogP contribution in [0.5, 0.6) is 0 Å². The summed E-state index contributed by atoms with van der Waals surface area (Å²) in [5.74, 6) is 1.93. The molecular formula is C13H25N3. The molecule has 3 heteroatoms. The molecule has 0 saturated heterocycles. The molecule has 1 rings (SSSR count). The van der Waals surface area contributed by atoms with Crippen LogP contribution in [0.1, 0.15) is 39.4 Å². The molecule has 3 nitrogen and oxygen atoms in total. The fourth-order valence-electron chi connectivity index (χ4n) is 2.32. The number of aryl methyl sites for hydroxylation is 1. The minimum atomic E-state index is 0.557. The largest absolute Gasteiger partial charge is 0.338 e. The van der Waals surface area contributed by atoms with Crippen LogP contribution in [0.2, 0.25) is 0 Å². The number of hydrogen-bond acceptors (Lipinski definition) is 2. The third kappa shape index (κ3) is 3.34. The van der Waals surface area contributed by atoms with Crippen molar-refractivity contribution < 1.29 is 0 Å². The molecule has 1 atom stereocenters. The number of rotatable bonds is 7. The normalized spacial score (nSPS) is 13.3. The SMILES string of the molecule is CCNC(Cc1nccn1C)C(CC)CC. The van der Waals surface area contributed by atoms with E-state index in [1.807, 2.05) is 12.4 Å². The summed E-state index contributed by atoms with van der Waals surface area (Å²) in [5, 5.41) is 3.60. The van der Waals surface area contributed by atoms with E-state index in [4.69, 9.17) is 0 Å². The number of nitrogens with one attached hydrogen (secondary N) is 1. The maximum atomic E-state index is 4.41.